The molecule has 0 saturated carbocycles. The van der Waals surface area contributed by atoms with E-state index in [9.17, 15) is 23.2 Å². The maximum absolute atomic E-state index is 13.1. The second kappa shape index (κ2) is 9.78. The van der Waals surface area contributed by atoms with Crippen molar-refractivity contribution in [2.24, 2.45) is 0 Å². The highest BCUT2D eigenvalue weighted by Gasteiger charge is 2.33. The van der Waals surface area contributed by atoms with Crippen LogP contribution in [-0.4, -0.2) is 48.2 Å². The Morgan fingerprint density at radius 2 is 1.63 bits per heavy atom. The van der Waals surface area contributed by atoms with Gasteiger partial charge in [-0.05, 0) is 44.2 Å². The molecule has 182 valence electrons. The topological polar surface area (TPSA) is 82.3 Å². The zero-order chi connectivity index (χ0) is 25.2. The Morgan fingerprint density at radius 1 is 1.00 bits per heavy atom. The highest BCUT2D eigenvalue weighted by atomic mass is 19.4. The first kappa shape index (κ1) is 24.3. The number of halogens is 3. The van der Waals surface area contributed by atoms with Crippen molar-refractivity contribution in [2.45, 2.75) is 32.0 Å². The third kappa shape index (κ3) is 5.29. The van der Waals surface area contributed by atoms with Crippen molar-refractivity contribution in [3.63, 3.8) is 0 Å². The van der Waals surface area contributed by atoms with Crippen molar-refractivity contribution in [2.75, 3.05) is 36.0 Å². The minimum atomic E-state index is -4.41. The number of hydrogen-bond acceptors (Lipinski definition) is 7. The molecule has 0 amide bonds. The molecule has 1 saturated heterocycles. The lowest BCUT2D eigenvalue weighted by molar-refractivity contribution is -0.147. The van der Waals surface area contributed by atoms with Gasteiger partial charge in [-0.1, -0.05) is 18.2 Å². The third-order valence-corrected chi connectivity index (χ3v) is 5.69. The van der Waals surface area contributed by atoms with Crippen LogP contribution in [0.3, 0.4) is 0 Å². The number of fused-ring (bicyclic) bond motifs is 1. The molecule has 0 spiro atoms. The second-order valence-corrected chi connectivity index (χ2v) is 8.49. The minimum absolute atomic E-state index is 0.212. The number of carbonyl (C=O) groups excluding carboxylic acids is 1. The molecule has 7 nitrogen and oxygen atoms in total. The fraction of sp³-hybridized carbons (Fsp3) is 0.360. The Hall–Kier alpha value is -3.87. The van der Waals surface area contributed by atoms with Gasteiger partial charge >= 0.3 is 12.1 Å². The van der Waals surface area contributed by atoms with E-state index in [2.05, 4.69) is 4.98 Å². The molecule has 1 aliphatic rings. The van der Waals surface area contributed by atoms with E-state index in [1.807, 2.05) is 21.9 Å². The van der Waals surface area contributed by atoms with Gasteiger partial charge in [0.25, 0.3) is 0 Å². The molecule has 0 N–H and O–H groups in total. The summed E-state index contributed by atoms with van der Waals surface area (Å²) >= 11 is 0. The van der Waals surface area contributed by atoms with Gasteiger partial charge in [-0.25, -0.2) is 9.97 Å². The van der Waals surface area contributed by atoms with Crippen molar-refractivity contribution in [1.82, 2.24) is 9.97 Å². The predicted molar refractivity (Wildman–Crippen MR) is 125 cm³/mol. The minimum Gasteiger partial charge on any atom is -0.462 e. The van der Waals surface area contributed by atoms with E-state index in [1.54, 1.807) is 38.1 Å². The summed E-state index contributed by atoms with van der Waals surface area (Å²) in [6.45, 7) is 5.12. The number of nitrogens with zero attached hydrogens (tertiary/aromatic N) is 5. The lowest BCUT2D eigenvalue weighted by Crippen LogP contribution is -2.47. The van der Waals surface area contributed by atoms with Crippen LogP contribution in [0.25, 0.3) is 11.0 Å². The highest BCUT2D eigenvalue weighted by Crippen LogP contribution is 2.33. The van der Waals surface area contributed by atoms with Crippen molar-refractivity contribution in [3.8, 4) is 6.07 Å². The largest absolute Gasteiger partial charge is 0.462 e. The molecule has 1 fully saturated rings. The summed E-state index contributed by atoms with van der Waals surface area (Å²) in [7, 11) is 0. The number of nitriles is 1. The number of rotatable bonds is 5. The summed E-state index contributed by atoms with van der Waals surface area (Å²) in [5.74, 6) is -1.55. The molecule has 0 radical (unpaired) electrons. The van der Waals surface area contributed by atoms with Crippen LogP contribution in [0, 0.1) is 11.3 Å². The molecule has 35 heavy (non-hydrogen) atoms. The first-order chi connectivity index (χ1) is 16.7. The van der Waals surface area contributed by atoms with Crippen LogP contribution in [0.2, 0.25) is 0 Å². The van der Waals surface area contributed by atoms with E-state index >= 15 is 0 Å². The number of benzene rings is 2. The summed E-state index contributed by atoms with van der Waals surface area (Å²) in [5, 5.41) is 9.80. The summed E-state index contributed by atoms with van der Waals surface area (Å²) in [4.78, 5) is 25.8. The number of anilines is 2. The third-order valence-electron chi connectivity index (χ3n) is 5.69. The first-order valence-electron chi connectivity index (χ1n) is 11.2. The highest BCUT2D eigenvalue weighted by molar-refractivity contribution is 5.85. The average molecular weight is 483 g/mol. The normalized spacial score (nSPS) is 15.2. The Balaban J connectivity index is 1.63. The SMILES string of the molecule is CC(C)OC(=O)[C@@H](C#N)c1nc2ccccc2nc1N1CCN(c2cccc(C(F)(F)F)c2)CC1. The van der Waals surface area contributed by atoms with Crippen molar-refractivity contribution >= 4 is 28.5 Å². The van der Waals surface area contributed by atoms with E-state index in [0.29, 0.717) is 48.7 Å². The van der Waals surface area contributed by atoms with E-state index < -0.39 is 29.7 Å². The summed E-state index contributed by atoms with van der Waals surface area (Å²) < 4.78 is 44.7. The molecule has 1 aliphatic heterocycles. The Bertz CT molecular complexity index is 1260. The van der Waals surface area contributed by atoms with Gasteiger partial charge in [-0.15, -0.1) is 0 Å². The van der Waals surface area contributed by atoms with Gasteiger partial charge in [0, 0.05) is 31.9 Å². The summed E-state index contributed by atoms with van der Waals surface area (Å²) in [6, 6.07) is 14.4. The lowest BCUT2D eigenvalue weighted by atomic mass is 10.1. The van der Waals surface area contributed by atoms with E-state index in [0.717, 1.165) is 12.1 Å². The number of esters is 1. The fourth-order valence-electron chi connectivity index (χ4n) is 4.01. The van der Waals surface area contributed by atoms with Gasteiger partial charge in [0.15, 0.2) is 11.7 Å². The predicted octanol–water partition coefficient (Wildman–Crippen LogP) is 4.53. The molecule has 2 aromatic carbocycles. The quantitative estimate of drug-likeness (QED) is 0.493. The van der Waals surface area contributed by atoms with Gasteiger partial charge in [-0.3, -0.25) is 4.79 Å². The molecular formula is C25H24F3N5O2. The monoisotopic (exact) mass is 483 g/mol. The number of ether oxygens (including phenoxy) is 1. The van der Waals surface area contributed by atoms with Gasteiger partial charge in [0.05, 0.1) is 28.8 Å². The van der Waals surface area contributed by atoms with Gasteiger partial charge in [0.2, 0.25) is 0 Å². The van der Waals surface area contributed by atoms with Crippen LogP contribution in [0.4, 0.5) is 24.7 Å². The van der Waals surface area contributed by atoms with E-state index in [-0.39, 0.29) is 5.69 Å². The first-order valence-corrected chi connectivity index (χ1v) is 11.2. The average Bonchev–Trinajstić information content (AvgIpc) is 2.83. The number of hydrogen-bond donors (Lipinski definition) is 0. The number of aromatic nitrogens is 2. The van der Waals surface area contributed by atoms with Gasteiger partial charge < -0.3 is 14.5 Å². The van der Waals surface area contributed by atoms with Crippen molar-refractivity contribution in [1.29, 1.82) is 5.26 Å². The van der Waals surface area contributed by atoms with E-state index in [1.165, 1.54) is 6.07 Å². The van der Waals surface area contributed by atoms with Crippen LogP contribution in [0.5, 0.6) is 0 Å². The van der Waals surface area contributed by atoms with Gasteiger partial charge in [0.1, 0.15) is 5.69 Å². The Labute approximate surface area is 200 Å². The molecule has 10 heteroatoms. The maximum Gasteiger partial charge on any atom is 0.416 e. The smallest absolute Gasteiger partial charge is 0.416 e. The Morgan fingerprint density at radius 3 is 2.23 bits per heavy atom. The molecule has 0 aliphatic carbocycles. The van der Waals surface area contributed by atoms with Crippen LogP contribution in [0.1, 0.15) is 31.0 Å². The van der Waals surface area contributed by atoms with Crippen molar-refractivity contribution in [3.05, 3.63) is 59.8 Å². The number of alkyl halides is 3. The molecule has 0 unspecified atom stereocenters. The van der Waals surface area contributed by atoms with Crippen LogP contribution >= 0.6 is 0 Å². The number of para-hydroxylation sites is 2. The number of carbonyl (C=O) groups is 1. The lowest BCUT2D eigenvalue weighted by Gasteiger charge is -2.37. The Kier molecular flexibility index (Phi) is 6.78. The summed E-state index contributed by atoms with van der Waals surface area (Å²) in [6.07, 6.45) is -4.81. The zero-order valence-electron chi connectivity index (χ0n) is 19.3. The van der Waals surface area contributed by atoms with Crippen LogP contribution in [0.15, 0.2) is 48.5 Å². The molecule has 3 aromatic rings. The molecule has 1 atom stereocenters. The maximum atomic E-state index is 13.1. The summed E-state index contributed by atoms with van der Waals surface area (Å²) in [5.41, 5.74) is 1.16. The van der Waals surface area contributed by atoms with Crippen LogP contribution in [-0.2, 0) is 15.7 Å². The molecule has 1 aromatic heterocycles. The van der Waals surface area contributed by atoms with Crippen molar-refractivity contribution < 1.29 is 22.7 Å². The zero-order valence-corrected chi connectivity index (χ0v) is 19.3. The molecular weight excluding hydrogens is 459 g/mol. The standard InChI is InChI=1S/C25H24F3N5O2/c1-16(2)35-24(34)19(15-29)22-23(31-21-9-4-3-8-20(21)30-22)33-12-10-32(11-13-33)18-7-5-6-17(14-18)25(26,27)28/h3-9,14,16,19H,10-13H2,1-2H3/t19-/m0/s1. The molecule has 2 heterocycles. The fourth-order valence-corrected chi connectivity index (χ4v) is 4.01. The van der Waals surface area contributed by atoms with E-state index in [4.69, 9.17) is 9.72 Å². The van der Waals surface area contributed by atoms with Gasteiger partial charge in [-0.2, -0.15) is 18.4 Å². The van der Waals surface area contributed by atoms with Crippen LogP contribution < -0.4 is 9.80 Å². The number of piperazine rings is 1. The molecule has 4 rings (SSSR count). The second-order valence-electron chi connectivity index (χ2n) is 8.49. The molecule has 0 bridgehead atoms.